The molecule has 0 aliphatic heterocycles. The first-order valence-electron chi connectivity index (χ1n) is 12.3. The van der Waals surface area contributed by atoms with Gasteiger partial charge in [-0.3, -0.25) is 4.79 Å². The average Bonchev–Trinajstić information content (AvgIpc) is 2.73. The zero-order valence-electron chi connectivity index (χ0n) is 19.5. The highest BCUT2D eigenvalue weighted by molar-refractivity contribution is 5.69. The first-order chi connectivity index (χ1) is 14.1. The molecule has 0 saturated heterocycles. The fourth-order valence-corrected chi connectivity index (χ4v) is 3.99. The van der Waals surface area contributed by atoms with Crippen LogP contribution < -0.4 is 0 Å². The zero-order valence-corrected chi connectivity index (χ0v) is 19.5. The van der Waals surface area contributed by atoms with E-state index < -0.39 is 0 Å². The van der Waals surface area contributed by atoms with Crippen LogP contribution in [0.25, 0.3) is 0 Å². The molecule has 2 heteroatoms. The Morgan fingerprint density at radius 3 is 1.97 bits per heavy atom. The fourth-order valence-electron chi connectivity index (χ4n) is 3.99. The van der Waals surface area contributed by atoms with Gasteiger partial charge < -0.3 is 4.74 Å². The number of esters is 1. The lowest BCUT2D eigenvalue weighted by Gasteiger charge is -2.29. The van der Waals surface area contributed by atoms with E-state index >= 15 is 0 Å². The second kappa shape index (κ2) is 16.5. The summed E-state index contributed by atoms with van der Waals surface area (Å²) in [6.45, 7) is 7.45. The van der Waals surface area contributed by atoms with Crippen LogP contribution in [0.4, 0.5) is 0 Å². The molecule has 1 atom stereocenters. The summed E-state index contributed by atoms with van der Waals surface area (Å²) in [4.78, 5) is 12.3. The lowest BCUT2D eigenvalue weighted by molar-refractivity contribution is -0.147. The van der Waals surface area contributed by atoms with Crippen molar-refractivity contribution in [2.24, 2.45) is 5.41 Å². The summed E-state index contributed by atoms with van der Waals surface area (Å²) < 4.78 is 5.76. The molecule has 29 heavy (non-hydrogen) atoms. The predicted molar refractivity (Wildman–Crippen MR) is 125 cm³/mol. The van der Waals surface area contributed by atoms with Gasteiger partial charge in [0, 0.05) is 11.8 Å². The van der Waals surface area contributed by atoms with Crippen molar-refractivity contribution >= 4 is 5.97 Å². The van der Waals surface area contributed by atoms with Crippen molar-refractivity contribution in [3.05, 3.63) is 35.9 Å². The van der Waals surface area contributed by atoms with Gasteiger partial charge in [0.15, 0.2) is 0 Å². The molecule has 1 unspecified atom stereocenters. The molecule has 1 aromatic rings. The average molecular weight is 403 g/mol. The summed E-state index contributed by atoms with van der Waals surface area (Å²) in [5.41, 5.74) is 1.44. The second-order valence-corrected chi connectivity index (χ2v) is 9.14. The van der Waals surface area contributed by atoms with Gasteiger partial charge in [0.05, 0.1) is 6.61 Å². The number of aryl methyl sites for hydroxylation is 1. The minimum Gasteiger partial charge on any atom is -0.465 e. The monoisotopic (exact) mass is 402 g/mol. The summed E-state index contributed by atoms with van der Waals surface area (Å²) in [6.07, 6.45) is 17.8. The van der Waals surface area contributed by atoms with Crippen molar-refractivity contribution in [2.45, 2.75) is 117 Å². The molecule has 0 aromatic heterocycles. The Balaban J connectivity index is 2.33. The van der Waals surface area contributed by atoms with E-state index in [1.54, 1.807) is 0 Å². The maximum atomic E-state index is 12.3. The van der Waals surface area contributed by atoms with Crippen molar-refractivity contribution in [1.29, 1.82) is 0 Å². The van der Waals surface area contributed by atoms with E-state index in [2.05, 4.69) is 45.0 Å². The number of carbonyl (C=O) groups is 1. The van der Waals surface area contributed by atoms with Gasteiger partial charge in [-0.1, -0.05) is 115 Å². The molecule has 0 bridgehead atoms. The smallest absolute Gasteiger partial charge is 0.305 e. The lowest BCUT2D eigenvalue weighted by atomic mass is 9.80. The third kappa shape index (κ3) is 13.5. The van der Waals surface area contributed by atoms with E-state index in [9.17, 15) is 4.79 Å². The number of hydrogen-bond donors (Lipinski definition) is 0. The number of hydrogen-bond acceptors (Lipinski definition) is 2. The SMILES string of the molecule is CCCCCCCCC(C)(CCCCCC)COC(=O)CCCc1ccccc1. The van der Waals surface area contributed by atoms with Gasteiger partial charge in [-0.05, 0) is 31.2 Å². The molecule has 2 nitrogen and oxygen atoms in total. The van der Waals surface area contributed by atoms with E-state index in [0.717, 1.165) is 12.8 Å². The minimum atomic E-state index is -0.0244. The van der Waals surface area contributed by atoms with E-state index in [0.29, 0.717) is 13.0 Å². The highest BCUT2D eigenvalue weighted by Gasteiger charge is 2.25. The largest absolute Gasteiger partial charge is 0.465 e. The molecule has 0 amide bonds. The van der Waals surface area contributed by atoms with Crippen LogP contribution in [-0.2, 0) is 16.0 Å². The van der Waals surface area contributed by atoms with Crippen LogP contribution in [0.15, 0.2) is 30.3 Å². The second-order valence-electron chi connectivity index (χ2n) is 9.14. The van der Waals surface area contributed by atoms with E-state index in [4.69, 9.17) is 4.74 Å². The van der Waals surface area contributed by atoms with Crippen LogP contribution >= 0.6 is 0 Å². The van der Waals surface area contributed by atoms with Crippen LogP contribution in [-0.4, -0.2) is 12.6 Å². The summed E-state index contributed by atoms with van der Waals surface area (Å²) in [7, 11) is 0. The van der Waals surface area contributed by atoms with Crippen molar-refractivity contribution in [3.8, 4) is 0 Å². The lowest BCUT2D eigenvalue weighted by Crippen LogP contribution is -2.25. The maximum Gasteiger partial charge on any atom is 0.305 e. The van der Waals surface area contributed by atoms with E-state index in [-0.39, 0.29) is 11.4 Å². The predicted octanol–water partition coefficient (Wildman–Crippen LogP) is 8.28. The quantitative estimate of drug-likeness (QED) is 0.182. The normalized spacial score (nSPS) is 13.2. The van der Waals surface area contributed by atoms with Gasteiger partial charge in [-0.25, -0.2) is 0 Å². The van der Waals surface area contributed by atoms with Crippen molar-refractivity contribution in [1.82, 2.24) is 0 Å². The highest BCUT2D eigenvalue weighted by Crippen LogP contribution is 2.32. The molecular weight excluding hydrogens is 356 g/mol. The van der Waals surface area contributed by atoms with E-state index in [1.807, 2.05) is 6.07 Å². The first kappa shape index (κ1) is 25.7. The van der Waals surface area contributed by atoms with Gasteiger partial charge in [0.1, 0.15) is 0 Å². The summed E-state index contributed by atoms with van der Waals surface area (Å²) in [6, 6.07) is 10.4. The molecule has 0 N–H and O–H groups in total. The van der Waals surface area contributed by atoms with Crippen LogP contribution in [0.1, 0.15) is 116 Å². The molecule has 0 heterocycles. The number of ether oxygens (including phenoxy) is 1. The number of unbranched alkanes of at least 4 members (excludes halogenated alkanes) is 8. The Morgan fingerprint density at radius 1 is 0.793 bits per heavy atom. The third-order valence-corrected chi connectivity index (χ3v) is 6.04. The molecule has 1 rings (SSSR count). The van der Waals surface area contributed by atoms with Crippen molar-refractivity contribution in [3.63, 3.8) is 0 Å². The maximum absolute atomic E-state index is 12.3. The highest BCUT2D eigenvalue weighted by atomic mass is 16.5. The minimum absolute atomic E-state index is 0.0244. The molecule has 1 aromatic carbocycles. The fraction of sp³-hybridized carbons (Fsp3) is 0.741. The molecule has 0 spiro atoms. The standard InChI is InChI=1S/C27H46O2/c1-4-6-8-10-11-16-23-27(3,22-15-9-7-5-2)24-29-26(28)21-17-20-25-18-13-12-14-19-25/h12-14,18-19H,4-11,15-17,20-24H2,1-3H3. The Bertz CT molecular complexity index is 511. The van der Waals surface area contributed by atoms with Crippen molar-refractivity contribution in [2.75, 3.05) is 6.61 Å². The third-order valence-electron chi connectivity index (χ3n) is 6.04. The number of benzene rings is 1. The topological polar surface area (TPSA) is 26.3 Å². The molecule has 0 saturated carbocycles. The molecule has 166 valence electrons. The van der Waals surface area contributed by atoms with Gasteiger partial charge >= 0.3 is 5.97 Å². The van der Waals surface area contributed by atoms with Gasteiger partial charge in [-0.15, -0.1) is 0 Å². The molecule has 0 fully saturated rings. The van der Waals surface area contributed by atoms with E-state index in [1.165, 1.54) is 82.6 Å². The summed E-state index contributed by atoms with van der Waals surface area (Å²) >= 11 is 0. The Morgan fingerprint density at radius 2 is 1.34 bits per heavy atom. The summed E-state index contributed by atoms with van der Waals surface area (Å²) in [5, 5.41) is 0. The molecule has 0 aliphatic carbocycles. The Hall–Kier alpha value is -1.31. The zero-order chi connectivity index (χ0) is 21.2. The number of carbonyl (C=O) groups excluding carboxylic acids is 1. The van der Waals surface area contributed by atoms with Gasteiger partial charge in [0.25, 0.3) is 0 Å². The molecule has 0 aliphatic rings. The van der Waals surface area contributed by atoms with Crippen LogP contribution in [0, 0.1) is 5.41 Å². The Labute approximate surface area is 180 Å². The van der Waals surface area contributed by atoms with Gasteiger partial charge in [-0.2, -0.15) is 0 Å². The first-order valence-corrected chi connectivity index (χ1v) is 12.3. The van der Waals surface area contributed by atoms with Crippen LogP contribution in [0.5, 0.6) is 0 Å². The van der Waals surface area contributed by atoms with Crippen LogP contribution in [0.2, 0.25) is 0 Å². The van der Waals surface area contributed by atoms with Gasteiger partial charge in [0.2, 0.25) is 0 Å². The Kier molecular flexibility index (Phi) is 14.6. The van der Waals surface area contributed by atoms with Crippen LogP contribution in [0.3, 0.4) is 0 Å². The molecular formula is C27H46O2. The number of rotatable bonds is 18. The molecule has 0 radical (unpaired) electrons. The summed E-state index contributed by atoms with van der Waals surface area (Å²) in [5.74, 6) is -0.0244. The van der Waals surface area contributed by atoms with Crippen molar-refractivity contribution < 1.29 is 9.53 Å².